The van der Waals surface area contributed by atoms with E-state index in [9.17, 15) is 19.2 Å². The lowest BCUT2D eigenvalue weighted by atomic mass is 10.1. The summed E-state index contributed by atoms with van der Waals surface area (Å²) in [5.41, 5.74) is 0.528. The molecule has 0 spiro atoms. The molecule has 2 rings (SSSR count). The Kier molecular flexibility index (Phi) is 8.40. The van der Waals surface area contributed by atoms with Crippen LogP contribution in [0.25, 0.3) is 11.0 Å². The molecular weight excluding hydrogens is 414 g/mol. The van der Waals surface area contributed by atoms with E-state index < -0.39 is 29.3 Å². The predicted octanol–water partition coefficient (Wildman–Crippen LogP) is 3.24. The van der Waals surface area contributed by atoms with Gasteiger partial charge in [-0.3, -0.25) is 9.59 Å². The summed E-state index contributed by atoms with van der Waals surface area (Å²) >= 11 is 0. The number of unbranched alkanes of at least 4 members (excludes halogenated alkanes) is 1. The highest BCUT2D eigenvalue weighted by Gasteiger charge is 2.24. The maximum absolute atomic E-state index is 12.9. The zero-order valence-electron chi connectivity index (χ0n) is 19.2. The van der Waals surface area contributed by atoms with Crippen LogP contribution in [0.3, 0.4) is 0 Å². The molecule has 0 saturated carbocycles. The molecule has 2 aromatic rings. The molecule has 0 aliphatic carbocycles. The van der Waals surface area contributed by atoms with Crippen molar-refractivity contribution in [3.8, 4) is 0 Å². The molecule has 3 N–H and O–H groups in total. The minimum absolute atomic E-state index is 0.117. The van der Waals surface area contributed by atoms with Crippen molar-refractivity contribution in [2.75, 3.05) is 11.9 Å². The van der Waals surface area contributed by atoms with E-state index in [4.69, 9.17) is 9.15 Å². The predicted molar refractivity (Wildman–Crippen MR) is 122 cm³/mol. The van der Waals surface area contributed by atoms with Gasteiger partial charge in [-0.15, -0.1) is 0 Å². The van der Waals surface area contributed by atoms with Gasteiger partial charge in [0.15, 0.2) is 0 Å². The third-order valence-electron chi connectivity index (χ3n) is 4.52. The van der Waals surface area contributed by atoms with E-state index in [-0.39, 0.29) is 5.91 Å². The Hall–Kier alpha value is -3.36. The second-order valence-electron chi connectivity index (χ2n) is 8.63. The maximum atomic E-state index is 12.9. The lowest BCUT2D eigenvalue weighted by Gasteiger charge is -2.23. The van der Waals surface area contributed by atoms with Crippen molar-refractivity contribution in [1.82, 2.24) is 10.6 Å². The van der Waals surface area contributed by atoms with Gasteiger partial charge in [0.1, 0.15) is 17.2 Å². The zero-order chi connectivity index (χ0) is 23.9. The molecule has 1 atom stereocenters. The van der Waals surface area contributed by atoms with Crippen LogP contribution in [-0.4, -0.2) is 36.1 Å². The topological polar surface area (TPSA) is 127 Å². The normalized spacial score (nSPS) is 12.2. The number of aryl methyl sites for hydroxylation is 1. The van der Waals surface area contributed by atoms with Gasteiger partial charge in [0.05, 0.1) is 0 Å². The number of rotatable bonds is 8. The Bertz CT molecular complexity index is 1040. The fourth-order valence-corrected chi connectivity index (χ4v) is 3.08. The monoisotopic (exact) mass is 445 g/mol. The molecule has 0 bridgehead atoms. The maximum Gasteiger partial charge on any atom is 0.408 e. The van der Waals surface area contributed by atoms with Crippen LogP contribution in [0, 0.1) is 6.92 Å². The molecule has 9 heteroatoms. The average molecular weight is 446 g/mol. The number of anilines is 1. The number of carbonyl (C=O) groups is 3. The largest absolute Gasteiger partial charge is 0.444 e. The van der Waals surface area contributed by atoms with Crippen LogP contribution >= 0.6 is 0 Å². The number of alkyl carbamates (subject to hydrolysis) is 1. The molecule has 32 heavy (non-hydrogen) atoms. The van der Waals surface area contributed by atoms with Gasteiger partial charge >= 0.3 is 11.7 Å². The molecule has 1 aromatic heterocycles. The van der Waals surface area contributed by atoms with Gasteiger partial charge < -0.3 is 25.1 Å². The highest BCUT2D eigenvalue weighted by atomic mass is 16.6. The number of nitrogens with one attached hydrogen (secondary N) is 3. The molecular formula is C23H31N3O6. The Morgan fingerprint density at radius 3 is 2.50 bits per heavy atom. The lowest BCUT2D eigenvalue weighted by Crippen LogP contribution is -2.45. The van der Waals surface area contributed by atoms with Crippen molar-refractivity contribution in [1.29, 1.82) is 0 Å². The minimum atomic E-state index is -0.826. The zero-order valence-corrected chi connectivity index (χ0v) is 19.2. The number of carbonyl (C=O) groups excluding carboxylic acids is 3. The number of ether oxygens (including phenoxy) is 1. The second kappa shape index (κ2) is 10.8. The molecule has 3 amide bonds. The van der Waals surface area contributed by atoms with E-state index in [2.05, 4.69) is 16.0 Å². The number of hydrogen-bond acceptors (Lipinski definition) is 6. The van der Waals surface area contributed by atoms with Gasteiger partial charge in [-0.1, -0.05) is 0 Å². The molecule has 0 aliphatic heterocycles. The first-order chi connectivity index (χ1) is 14.9. The highest BCUT2D eigenvalue weighted by Crippen LogP contribution is 2.21. The van der Waals surface area contributed by atoms with Crippen LogP contribution in [0.5, 0.6) is 0 Å². The van der Waals surface area contributed by atoms with Crippen LogP contribution in [-0.2, 0) is 14.3 Å². The third-order valence-corrected chi connectivity index (χ3v) is 4.52. The van der Waals surface area contributed by atoms with Crippen LogP contribution in [0.4, 0.5) is 10.5 Å². The van der Waals surface area contributed by atoms with Crippen molar-refractivity contribution in [3.63, 3.8) is 0 Å². The standard InChI is InChI=1S/C23H31N3O6/c1-14-12-20(28)31-19-10-9-16(13-17(14)19)25-21(29)18(8-6-7-11-24-15(2)27)26-22(30)32-23(3,4)5/h9-10,12-13,18H,6-8,11H2,1-5H3,(H,24,27)(H,25,29)(H,26,30)/t18-/m0/s1. The smallest absolute Gasteiger partial charge is 0.408 e. The minimum Gasteiger partial charge on any atom is -0.444 e. The Labute approximate surface area is 186 Å². The summed E-state index contributed by atoms with van der Waals surface area (Å²) in [6.45, 7) is 8.94. The molecule has 0 fully saturated rings. The van der Waals surface area contributed by atoms with E-state index >= 15 is 0 Å². The SMILES string of the molecule is CC(=O)NCCCC[C@H](NC(=O)OC(C)(C)C)C(=O)Nc1ccc2oc(=O)cc(C)c2c1. The lowest BCUT2D eigenvalue weighted by molar-refractivity contribution is -0.119. The number of fused-ring (bicyclic) bond motifs is 1. The molecule has 1 aromatic carbocycles. The molecule has 0 unspecified atom stereocenters. The third kappa shape index (κ3) is 8.05. The summed E-state index contributed by atoms with van der Waals surface area (Å²) < 4.78 is 10.5. The number of benzene rings is 1. The molecule has 0 saturated heterocycles. The Morgan fingerprint density at radius 1 is 1.12 bits per heavy atom. The van der Waals surface area contributed by atoms with Gasteiger partial charge in [0.25, 0.3) is 0 Å². The summed E-state index contributed by atoms with van der Waals surface area (Å²) in [6, 6.07) is 5.52. The van der Waals surface area contributed by atoms with Crippen LogP contribution in [0.1, 0.15) is 52.5 Å². The molecule has 9 nitrogen and oxygen atoms in total. The molecule has 0 radical (unpaired) electrons. The van der Waals surface area contributed by atoms with Gasteiger partial charge in [-0.25, -0.2) is 9.59 Å². The van der Waals surface area contributed by atoms with Gasteiger partial charge in [0, 0.05) is 30.6 Å². The quantitative estimate of drug-likeness (QED) is 0.423. The van der Waals surface area contributed by atoms with Crippen LogP contribution in [0.15, 0.2) is 33.5 Å². The van der Waals surface area contributed by atoms with E-state index in [1.807, 2.05) is 0 Å². The molecule has 1 heterocycles. The van der Waals surface area contributed by atoms with Gasteiger partial charge in [0.2, 0.25) is 11.8 Å². The molecule has 0 aliphatic rings. The van der Waals surface area contributed by atoms with Crippen molar-refractivity contribution in [3.05, 3.63) is 40.2 Å². The molecule has 174 valence electrons. The Morgan fingerprint density at radius 2 is 1.84 bits per heavy atom. The average Bonchev–Trinajstić information content (AvgIpc) is 2.65. The van der Waals surface area contributed by atoms with E-state index in [0.717, 1.165) is 5.56 Å². The van der Waals surface area contributed by atoms with E-state index in [1.165, 1.54) is 13.0 Å². The number of hydrogen-bond donors (Lipinski definition) is 3. The number of amides is 3. The van der Waals surface area contributed by atoms with Crippen LogP contribution < -0.4 is 21.6 Å². The highest BCUT2D eigenvalue weighted by molar-refractivity contribution is 5.98. The fraction of sp³-hybridized carbons (Fsp3) is 0.478. The summed E-state index contributed by atoms with van der Waals surface area (Å²) in [5.74, 6) is -0.515. The second-order valence-corrected chi connectivity index (χ2v) is 8.63. The first kappa shape index (κ1) is 24.9. The van der Waals surface area contributed by atoms with Crippen molar-refractivity contribution >= 4 is 34.6 Å². The van der Waals surface area contributed by atoms with E-state index in [0.29, 0.717) is 42.5 Å². The van der Waals surface area contributed by atoms with Crippen molar-refractivity contribution < 1.29 is 23.5 Å². The summed E-state index contributed by atoms with van der Waals surface area (Å²) in [4.78, 5) is 47.7. The Balaban J connectivity index is 2.11. The van der Waals surface area contributed by atoms with Crippen molar-refractivity contribution in [2.45, 2.75) is 65.5 Å². The van der Waals surface area contributed by atoms with Crippen LogP contribution in [0.2, 0.25) is 0 Å². The van der Waals surface area contributed by atoms with Gasteiger partial charge in [-0.05, 0) is 70.7 Å². The summed E-state index contributed by atoms with van der Waals surface area (Å²) in [5, 5.41) is 8.84. The first-order valence-corrected chi connectivity index (χ1v) is 10.5. The summed E-state index contributed by atoms with van der Waals surface area (Å²) in [7, 11) is 0. The first-order valence-electron chi connectivity index (χ1n) is 10.5. The van der Waals surface area contributed by atoms with Gasteiger partial charge in [-0.2, -0.15) is 0 Å². The van der Waals surface area contributed by atoms with Crippen molar-refractivity contribution in [2.24, 2.45) is 0 Å². The fourth-order valence-electron chi connectivity index (χ4n) is 3.08. The summed E-state index contributed by atoms with van der Waals surface area (Å²) in [6.07, 6.45) is 0.950. The van der Waals surface area contributed by atoms with E-state index in [1.54, 1.807) is 45.9 Å².